The Morgan fingerprint density at radius 3 is 1.95 bits per heavy atom. The smallest absolute Gasteiger partial charge is 0.286 e. The lowest BCUT2D eigenvalue weighted by Crippen LogP contribution is -2.40. The van der Waals surface area contributed by atoms with Crippen LogP contribution < -0.4 is 0 Å². The van der Waals surface area contributed by atoms with Crippen molar-refractivity contribution in [3.63, 3.8) is 0 Å². The molecular weight excluding hydrogens is 282 g/mol. The van der Waals surface area contributed by atoms with E-state index in [0.29, 0.717) is 21.6 Å². The first kappa shape index (κ1) is 13.1. The summed E-state index contributed by atoms with van der Waals surface area (Å²) in [7, 11) is -3.48. The first-order valence-corrected chi connectivity index (χ1v) is 7.60. The number of imide groups is 1. The van der Waals surface area contributed by atoms with Crippen LogP contribution in [0.2, 0.25) is 0 Å². The Bertz CT molecular complexity index is 686. The van der Waals surface area contributed by atoms with Gasteiger partial charge in [0.05, 0.1) is 11.1 Å². The van der Waals surface area contributed by atoms with E-state index in [4.69, 9.17) is 4.28 Å². The van der Waals surface area contributed by atoms with Crippen molar-refractivity contribution in [1.29, 1.82) is 0 Å². The van der Waals surface area contributed by atoms with Crippen molar-refractivity contribution in [2.24, 2.45) is 0 Å². The minimum atomic E-state index is -3.48. The van der Waals surface area contributed by atoms with Gasteiger partial charge in [0.2, 0.25) is 0 Å². The highest BCUT2D eigenvalue weighted by Gasteiger charge is 2.36. The Morgan fingerprint density at radius 1 is 1.00 bits per heavy atom. The van der Waals surface area contributed by atoms with E-state index in [1.807, 2.05) is 0 Å². The highest BCUT2D eigenvalue weighted by molar-refractivity contribution is 8.19. The monoisotopic (exact) mass is 293 g/mol. The molecule has 3 rings (SSSR count). The number of carbonyl (C=O) groups is 2. The zero-order valence-electron chi connectivity index (χ0n) is 10.4. The minimum Gasteiger partial charge on any atom is -0.307 e. The summed E-state index contributed by atoms with van der Waals surface area (Å²) in [4.78, 5) is 24.5. The zero-order valence-corrected chi connectivity index (χ0v) is 11.3. The highest BCUT2D eigenvalue weighted by Crippen LogP contribution is 2.39. The molecule has 0 saturated carbocycles. The maximum absolute atomic E-state index is 12.3. The van der Waals surface area contributed by atoms with Crippen LogP contribution >= 0.6 is 10.9 Å². The summed E-state index contributed by atoms with van der Waals surface area (Å²) in [6, 6.07) is 10.1. The summed E-state index contributed by atoms with van der Waals surface area (Å²) < 4.78 is 23.4. The third-order valence-corrected chi connectivity index (χ3v) is 3.38. The SMILES string of the molecule is CS(O)(O)ON1C(=O)c2cccc3cccc(c23)C1=O. The minimum absolute atomic E-state index is 0.293. The third kappa shape index (κ3) is 1.97. The van der Waals surface area contributed by atoms with Crippen molar-refractivity contribution >= 4 is 33.5 Å². The molecule has 0 saturated heterocycles. The fraction of sp³-hybridized carbons (Fsp3) is 0.0769. The predicted molar refractivity (Wildman–Crippen MR) is 74.3 cm³/mol. The van der Waals surface area contributed by atoms with E-state index in [0.717, 1.165) is 11.6 Å². The van der Waals surface area contributed by atoms with Gasteiger partial charge in [-0.2, -0.15) is 4.28 Å². The molecule has 7 heteroatoms. The Hall–Kier alpha value is -1.93. The molecule has 0 bridgehead atoms. The Kier molecular flexibility index (Phi) is 2.80. The van der Waals surface area contributed by atoms with Crippen LogP contribution in [0.15, 0.2) is 36.4 Å². The van der Waals surface area contributed by atoms with E-state index in [9.17, 15) is 18.7 Å². The van der Waals surface area contributed by atoms with Crippen LogP contribution in [0.1, 0.15) is 20.7 Å². The van der Waals surface area contributed by atoms with Gasteiger partial charge in [-0.05, 0) is 17.5 Å². The van der Waals surface area contributed by atoms with Crippen LogP contribution in [-0.2, 0) is 4.28 Å². The number of amides is 2. The topological polar surface area (TPSA) is 87.1 Å². The lowest BCUT2D eigenvalue weighted by atomic mass is 9.95. The molecule has 20 heavy (non-hydrogen) atoms. The van der Waals surface area contributed by atoms with Crippen LogP contribution in [0, 0.1) is 0 Å². The lowest BCUT2D eigenvalue weighted by Gasteiger charge is -2.30. The zero-order chi connectivity index (χ0) is 14.5. The second kappa shape index (κ2) is 4.29. The molecule has 0 radical (unpaired) electrons. The molecule has 0 aliphatic carbocycles. The number of nitrogens with zero attached hydrogens (tertiary/aromatic N) is 1. The van der Waals surface area contributed by atoms with Gasteiger partial charge >= 0.3 is 0 Å². The summed E-state index contributed by atoms with van der Waals surface area (Å²) in [5, 5.41) is 1.73. The molecule has 6 nitrogen and oxygen atoms in total. The van der Waals surface area contributed by atoms with E-state index in [-0.39, 0.29) is 0 Å². The maximum Gasteiger partial charge on any atom is 0.286 e. The maximum atomic E-state index is 12.3. The molecule has 2 amide bonds. The average molecular weight is 293 g/mol. The number of rotatable bonds is 2. The second-order valence-corrected chi connectivity index (χ2v) is 6.13. The second-order valence-electron chi connectivity index (χ2n) is 4.45. The summed E-state index contributed by atoms with van der Waals surface area (Å²) in [6.07, 6.45) is 0.995. The van der Waals surface area contributed by atoms with Gasteiger partial charge < -0.3 is 9.11 Å². The first-order chi connectivity index (χ1) is 9.38. The van der Waals surface area contributed by atoms with Gasteiger partial charge in [-0.1, -0.05) is 24.3 Å². The Balaban J connectivity index is 2.21. The molecular formula is C13H11NO5S. The molecule has 0 unspecified atom stereocenters. The third-order valence-electron chi connectivity index (χ3n) is 2.95. The van der Waals surface area contributed by atoms with E-state index < -0.39 is 22.7 Å². The molecule has 0 fully saturated rings. The fourth-order valence-corrected chi connectivity index (χ4v) is 2.64. The average Bonchev–Trinajstić information content (AvgIpc) is 2.39. The van der Waals surface area contributed by atoms with E-state index in [1.54, 1.807) is 36.4 Å². The van der Waals surface area contributed by atoms with Crippen molar-refractivity contribution in [3.8, 4) is 0 Å². The molecule has 0 spiro atoms. The largest absolute Gasteiger partial charge is 0.307 e. The van der Waals surface area contributed by atoms with Crippen LogP contribution in [0.25, 0.3) is 10.8 Å². The summed E-state index contributed by atoms with van der Waals surface area (Å²) in [5.74, 6) is -1.41. The molecule has 0 atom stereocenters. The number of hydrogen-bond acceptors (Lipinski definition) is 5. The van der Waals surface area contributed by atoms with Gasteiger partial charge in [-0.3, -0.25) is 9.59 Å². The molecule has 0 aromatic heterocycles. The van der Waals surface area contributed by atoms with Gasteiger partial charge in [0.25, 0.3) is 11.8 Å². The number of carbonyl (C=O) groups excluding carboxylic acids is 2. The van der Waals surface area contributed by atoms with E-state index in [1.165, 1.54) is 0 Å². The predicted octanol–water partition coefficient (Wildman–Crippen LogP) is 2.66. The molecule has 1 heterocycles. The van der Waals surface area contributed by atoms with Crippen LogP contribution in [0.4, 0.5) is 0 Å². The normalized spacial score (nSPS) is 15.8. The van der Waals surface area contributed by atoms with Crippen molar-refractivity contribution in [2.75, 3.05) is 6.26 Å². The Morgan fingerprint density at radius 2 is 1.50 bits per heavy atom. The first-order valence-electron chi connectivity index (χ1n) is 5.72. The van der Waals surface area contributed by atoms with Gasteiger partial charge in [-0.15, -0.1) is 5.06 Å². The van der Waals surface area contributed by atoms with Crippen molar-refractivity contribution in [3.05, 3.63) is 47.5 Å². The molecule has 1 aliphatic heterocycles. The summed E-state index contributed by atoms with van der Waals surface area (Å²) in [5.41, 5.74) is 0.586. The highest BCUT2D eigenvalue weighted by atomic mass is 32.3. The number of benzene rings is 2. The van der Waals surface area contributed by atoms with Gasteiger partial charge in [0.15, 0.2) is 0 Å². The van der Waals surface area contributed by atoms with Gasteiger partial charge in [0, 0.05) is 11.6 Å². The van der Waals surface area contributed by atoms with E-state index in [2.05, 4.69) is 0 Å². The van der Waals surface area contributed by atoms with Crippen LogP contribution in [0.3, 0.4) is 0 Å². The molecule has 2 N–H and O–H groups in total. The van der Waals surface area contributed by atoms with Gasteiger partial charge in [0.1, 0.15) is 10.9 Å². The number of hydrogen-bond donors (Lipinski definition) is 2. The van der Waals surface area contributed by atoms with Crippen molar-refractivity contribution < 1.29 is 23.0 Å². The lowest BCUT2D eigenvalue weighted by molar-refractivity contribution is -0.0223. The van der Waals surface area contributed by atoms with Crippen molar-refractivity contribution in [1.82, 2.24) is 5.06 Å². The van der Waals surface area contributed by atoms with Crippen LogP contribution in [-0.4, -0.2) is 32.2 Å². The van der Waals surface area contributed by atoms with E-state index >= 15 is 0 Å². The summed E-state index contributed by atoms with van der Waals surface area (Å²) in [6.45, 7) is 0. The van der Waals surface area contributed by atoms with Gasteiger partial charge in [-0.25, -0.2) is 0 Å². The number of hydroxylamine groups is 2. The summed E-state index contributed by atoms with van der Waals surface area (Å²) >= 11 is 0. The van der Waals surface area contributed by atoms with Crippen LogP contribution in [0.5, 0.6) is 0 Å². The molecule has 2 aromatic rings. The van der Waals surface area contributed by atoms with Crippen molar-refractivity contribution in [2.45, 2.75) is 0 Å². The molecule has 2 aromatic carbocycles. The Labute approximate surface area is 116 Å². The fourth-order valence-electron chi connectivity index (χ4n) is 2.22. The quantitative estimate of drug-likeness (QED) is 0.831. The molecule has 104 valence electrons. The standard InChI is InChI=1S/C13H11NO5S/c1-20(17,18)19-14-12(15)9-6-2-4-8-5-3-7-10(11(8)9)13(14)16/h2-7,17-18H,1H3. The molecule has 1 aliphatic rings.